The summed E-state index contributed by atoms with van der Waals surface area (Å²) in [4.78, 5) is 24.1. The largest absolute Gasteiger partial charge is 0.493 e. The number of thiophene rings is 1. The molecule has 6 heteroatoms. The van der Waals surface area contributed by atoms with Gasteiger partial charge in [0.2, 0.25) is 0 Å². The molecule has 0 amide bonds. The lowest BCUT2D eigenvalue weighted by Gasteiger charge is -2.22. The number of ketones is 1. The van der Waals surface area contributed by atoms with E-state index >= 15 is 0 Å². The lowest BCUT2D eigenvalue weighted by atomic mass is 9.98. The minimum atomic E-state index is -0.737. The third-order valence-corrected chi connectivity index (χ3v) is 6.62. The standard InChI is InChI=1S/C25H32O5S/c1-2-7-20-22(10-9-19-21(26)13-16-30-25(19)20)29-15-6-4-3-5-8-18-14-17-31-23(18)11-12-24(27)28/h9-10,14,17H,2-8,11-13,15-16H2,1H3,(H,27,28). The van der Waals surface area contributed by atoms with E-state index in [-0.39, 0.29) is 12.2 Å². The van der Waals surface area contributed by atoms with Crippen molar-refractivity contribution in [1.82, 2.24) is 0 Å². The molecule has 1 aromatic carbocycles. The van der Waals surface area contributed by atoms with Gasteiger partial charge in [-0.15, -0.1) is 11.3 Å². The molecular weight excluding hydrogens is 412 g/mol. The lowest BCUT2D eigenvalue weighted by molar-refractivity contribution is -0.136. The molecule has 1 aliphatic heterocycles. The van der Waals surface area contributed by atoms with E-state index < -0.39 is 5.97 Å². The second-order valence-corrected chi connectivity index (χ2v) is 8.97. The first-order valence-electron chi connectivity index (χ1n) is 11.3. The fourth-order valence-electron chi connectivity index (χ4n) is 3.98. The van der Waals surface area contributed by atoms with E-state index in [1.54, 1.807) is 11.3 Å². The first kappa shape index (κ1) is 23.3. The van der Waals surface area contributed by atoms with Gasteiger partial charge < -0.3 is 14.6 Å². The van der Waals surface area contributed by atoms with Crippen molar-refractivity contribution in [2.75, 3.05) is 13.2 Å². The van der Waals surface area contributed by atoms with Crippen LogP contribution >= 0.6 is 11.3 Å². The van der Waals surface area contributed by atoms with Crippen molar-refractivity contribution in [2.45, 2.75) is 71.1 Å². The fourth-order valence-corrected chi connectivity index (χ4v) is 4.92. The van der Waals surface area contributed by atoms with Crippen LogP contribution in [-0.4, -0.2) is 30.1 Å². The molecule has 0 saturated carbocycles. The van der Waals surface area contributed by atoms with E-state index in [1.807, 2.05) is 12.1 Å². The van der Waals surface area contributed by atoms with Crippen molar-refractivity contribution >= 4 is 23.1 Å². The summed E-state index contributed by atoms with van der Waals surface area (Å²) < 4.78 is 11.9. The minimum Gasteiger partial charge on any atom is -0.493 e. The van der Waals surface area contributed by atoms with Crippen LogP contribution in [0.15, 0.2) is 23.6 Å². The number of benzene rings is 1. The lowest BCUT2D eigenvalue weighted by Crippen LogP contribution is -2.17. The minimum absolute atomic E-state index is 0.155. The Balaban J connectivity index is 1.41. The SMILES string of the molecule is CCCc1c(OCCCCCCc2ccsc2CCC(=O)O)ccc2c1OCCC2=O. The number of hydrogen-bond acceptors (Lipinski definition) is 5. The van der Waals surface area contributed by atoms with E-state index in [0.29, 0.717) is 31.6 Å². The van der Waals surface area contributed by atoms with Crippen molar-refractivity contribution in [1.29, 1.82) is 0 Å². The van der Waals surface area contributed by atoms with Crippen LogP contribution in [0, 0.1) is 0 Å². The molecule has 2 heterocycles. The highest BCUT2D eigenvalue weighted by Gasteiger charge is 2.23. The Hall–Kier alpha value is -2.34. The van der Waals surface area contributed by atoms with Gasteiger partial charge in [0.15, 0.2) is 5.78 Å². The molecule has 0 unspecified atom stereocenters. The van der Waals surface area contributed by atoms with E-state index in [4.69, 9.17) is 14.6 Å². The summed E-state index contributed by atoms with van der Waals surface area (Å²) in [5.41, 5.74) is 3.02. The molecule has 0 saturated heterocycles. The normalized spacial score (nSPS) is 13.0. The van der Waals surface area contributed by atoms with Crippen molar-refractivity contribution in [3.63, 3.8) is 0 Å². The molecule has 0 bridgehead atoms. The van der Waals surface area contributed by atoms with Gasteiger partial charge in [0.05, 0.1) is 25.2 Å². The van der Waals surface area contributed by atoms with Crippen LogP contribution in [0.5, 0.6) is 11.5 Å². The predicted octanol–water partition coefficient (Wildman–Crippen LogP) is 5.86. The number of aliphatic carboxylic acids is 1. The second kappa shape index (κ2) is 11.9. The van der Waals surface area contributed by atoms with Gasteiger partial charge in [0.1, 0.15) is 11.5 Å². The third-order valence-electron chi connectivity index (χ3n) is 5.60. The van der Waals surface area contributed by atoms with Crippen molar-refractivity contribution < 1.29 is 24.2 Å². The number of carbonyl (C=O) groups is 2. The summed E-state index contributed by atoms with van der Waals surface area (Å²) in [5.74, 6) is 0.988. The highest BCUT2D eigenvalue weighted by Crippen LogP contribution is 2.36. The summed E-state index contributed by atoms with van der Waals surface area (Å²) in [5, 5.41) is 10.9. The fraction of sp³-hybridized carbons (Fsp3) is 0.520. The quantitative estimate of drug-likeness (QED) is 0.392. The van der Waals surface area contributed by atoms with Gasteiger partial charge in [-0.25, -0.2) is 0 Å². The van der Waals surface area contributed by atoms with Crippen molar-refractivity contribution in [3.05, 3.63) is 45.1 Å². The molecule has 0 atom stereocenters. The maximum Gasteiger partial charge on any atom is 0.303 e. The smallest absolute Gasteiger partial charge is 0.303 e. The number of Topliss-reactive ketones (excluding diaryl/α,β-unsaturated/α-hetero) is 1. The van der Waals surface area contributed by atoms with Crippen LogP contribution in [0.4, 0.5) is 0 Å². The van der Waals surface area contributed by atoms with Crippen molar-refractivity contribution in [3.8, 4) is 11.5 Å². The molecule has 5 nitrogen and oxygen atoms in total. The number of rotatable bonds is 13. The Bertz CT molecular complexity index is 886. The number of ether oxygens (including phenoxy) is 2. The Morgan fingerprint density at radius 3 is 2.77 bits per heavy atom. The number of carboxylic acid groups (broad SMARTS) is 1. The Kier molecular flexibility index (Phi) is 8.95. The van der Waals surface area contributed by atoms with Gasteiger partial charge in [0, 0.05) is 16.9 Å². The molecule has 1 N–H and O–H groups in total. The van der Waals surface area contributed by atoms with Gasteiger partial charge in [-0.1, -0.05) is 26.2 Å². The molecule has 2 aromatic rings. The molecule has 1 aliphatic rings. The zero-order valence-electron chi connectivity index (χ0n) is 18.3. The molecule has 0 fully saturated rings. The van der Waals surface area contributed by atoms with Gasteiger partial charge >= 0.3 is 5.97 Å². The van der Waals surface area contributed by atoms with Crippen LogP contribution in [-0.2, 0) is 24.1 Å². The number of hydrogen-bond donors (Lipinski definition) is 1. The second-order valence-electron chi connectivity index (χ2n) is 7.97. The topological polar surface area (TPSA) is 72.8 Å². The third kappa shape index (κ3) is 6.57. The maximum atomic E-state index is 12.1. The Morgan fingerprint density at radius 1 is 1.13 bits per heavy atom. The highest BCUT2D eigenvalue weighted by atomic mass is 32.1. The summed E-state index contributed by atoms with van der Waals surface area (Å²) in [6.07, 6.45) is 8.42. The molecule has 3 rings (SSSR count). The summed E-state index contributed by atoms with van der Waals surface area (Å²) >= 11 is 1.66. The van der Waals surface area contributed by atoms with E-state index in [1.165, 1.54) is 10.4 Å². The predicted molar refractivity (Wildman–Crippen MR) is 123 cm³/mol. The number of carboxylic acids is 1. The molecule has 0 spiro atoms. The molecule has 31 heavy (non-hydrogen) atoms. The number of aryl methyl sites for hydroxylation is 2. The molecular formula is C25H32O5S. The Morgan fingerprint density at radius 2 is 1.97 bits per heavy atom. The van der Waals surface area contributed by atoms with Crippen LogP contribution in [0.3, 0.4) is 0 Å². The van der Waals surface area contributed by atoms with Gasteiger partial charge in [0.25, 0.3) is 0 Å². The summed E-state index contributed by atoms with van der Waals surface area (Å²) in [6, 6.07) is 5.89. The zero-order chi connectivity index (χ0) is 22.1. The first-order chi connectivity index (χ1) is 15.1. The number of carbonyl (C=O) groups excluding carboxylic acids is 1. The van der Waals surface area contributed by atoms with E-state index in [2.05, 4.69) is 18.4 Å². The zero-order valence-corrected chi connectivity index (χ0v) is 19.1. The molecule has 1 aromatic heterocycles. The Labute approximate surface area is 188 Å². The van der Waals surface area contributed by atoms with Crippen molar-refractivity contribution in [2.24, 2.45) is 0 Å². The molecule has 0 aliphatic carbocycles. The molecule has 168 valence electrons. The number of fused-ring (bicyclic) bond motifs is 1. The summed E-state index contributed by atoms with van der Waals surface area (Å²) in [7, 11) is 0. The van der Waals surface area contributed by atoms with Gasteiger partial charge in [-0.3, -0.25) is 9.59 Å². The highest BCUT2D eigenvalue weighted by molar-refractivity contribution is 7.10. The van der Waals surface area contributed by atoms with E-state index in [0.717, 1.165) is 62.0 Å². The van der Waals surface area contributed by atoms with E-state index in [9.17, 15) is 9.59 Å². The van der Waals surface area contributed by atoms with Gasteiger partial charge in [-0.05, 0) is 61.2 Å². The maximum absolute atomic E-state index is 12.1. The van der Waals surface area contributed by atoms with Crippen LogP contribution < -0.4 is 9.47 Å². The average molecular weight is 445 g/mol. The average Bonchev–Trinajstić information content (AvgIpc) is 3.20. The van der Waals surface area contributed by atoms with Crippen LogP contribution in [0.25, 0.3) is 0 Å². The first-order valence-corrected chi connectivity index (χ1v) is 12.2. The van der Waals surface area contributed by atoms with Crippen LogP contribution in [0.2, 0.25) is 0 Å². The van der Waals surface area contributed by atoms with Crippen LogP contribution in [0.1, 0.15) is 78.2 Å². The number of unbranched alkanes of at least 4 members (excludes halogenated alkanes) is 3. The summed E-state index contributed by atoms with van der Waals surface area (Å²) in [6.45, 7) is 3.23. The van der Waals surface area contributed by atoms with Gasteiger partial charge in [-0.2, -0.15) is 0 Å². The molecule has 0 radical (unpaired) electrons. The monoisotopic (exact) mass is 444 g/mol.